The smallest absolute Gasteiger partial charge is 0.240 e. The predicted molar refractivity (Wildman–Crippen MR) is 86.0 cm³/mol. The third-order valence-corrected chi connectivity index (χ3v) is 5.58. The van der Waals surface area contributed by atoms with Crippen molar-refractivity contribution in [2.45, 2.75) is 24.3 Å². The van der Waals surface area contributed by atoms with Crippen LogP contribution in [0, 0.1) is 0 Å². The van der Waals surface area contributed by atoms with E-state index in [-0.39, 0.29) is 4.90 Å². The van der Waals surface area contributed by atoms with Gasteiger partial charge in [-0.15, -0.1) is 0 Å². The lowest BCUT2D eigenvalue weighted by molar-refractivity contribution is 0.213. The lowest BCUT2D eigenvalue weighted by Gasteiger charge is -2.40. The highest BCUT2D eigenvalue weighted by Gasteiger charge is 2.24. The highest BCUT2D eigenvalue weighted by molar-refractivity contribution is 7.89. The minimum Gasteiger partial charge on any atom is -0.397 e. The molecule has 118 valence electrons. The Labute approximate surface area is 127 Å². The normalized spacial score (nSPS) is 20.7. The minimum absolute atomic E-state index is 0.201. The van der Waals surface area contributed by atoms with Gasteiger partial charge in [0.1, 0.15) is 0 Å². The van der Waals surface area contributed by atoms with Crippen molar-refractivity contribution in [3.8, 4) is 0 Å². The number of nitrogens with two attached hydrogens (primary N) is 1. The van der Waals surface area contributed by atoms with Crippen LogP contribution in [0.3, 0.4) is 0 Å². The minimum atomic E-state index is -3.45. The highest BCUT2D eigenvalue weighted by Crippen LogP contribution is 2.28. The number of piperazine rings is 1. The fourth-order valence-corrected chi connectivity index (χ4v) is 3.48. The molecule has 1 heterocycles. The van der Waals surface area contributed by atoms with Crippen LogP contribution in [0.4, 0.5) is 11.4 Å². The first kappa shape index (κ1) is 16.1. The van der Waals surface area contributed by atoms with Crippen LogP contribution < -0.4 is 15.4 Å². The van der Waals surface area contributed by atoms with Crippen LogP contribution in [0.25, 0.3) is 0 Å². The van der Waals surface area contributed by atoms with Gasteiger partial charge in [-0.25, -0.2) is 13.1 Å². The van der Waals surface area contributed by atoms with Gasteiger partial charge in [-0.2, -0.15) is 0 Å². The zero-order valence-corrected chi connectivity index (χ0v) is 13.7. The molecule has 1 aliphatic rings. The average Bonchev–Trinajstić information content (AvgIpc) is 2.48. The molecule has 0 saturated carbocycles. The van der Waals surface area contributed by atoms with Crippen molar-refractivity contribution >= 4 is 21.4 Å². The largest absolute Gasteiger partial charge is 0.397 e. The lowest BCUT2D eigenvalue weighted by Crippen LogP contribution is -2.51. The summed E-state index contributed by atoms with van der Waals surface area (Å²) in [7, 11) is 0.0818. The fourth-order valence-electron chi connectivity index (χ4n) is 2.71. The van der Waals surface area contributed by atoms with Gasteiger partial charge in [0.05, 0.1) is 16.3 Å². The Morgan fingerprint density at radius 3 is 2.67 bits per heavy atom. The molecular weight excluding hydrogens is 288 g/mol. The number of hydrogen-bond acceptors (Lipinski definition) is 5. The number of hydrogen-bond donors (Lipinski definition) is 2. The van der Waals surface area contributed by atoms with Crippen molar-refractivity contribution in [1.29, 1.82) is 0 Å². The van der Waals surface area contributed by atoms with Crippen LogP contribution in [0.1, 0.15) is 13.3 Å². The standard InChI is InChI=1S/C14H24N4O2S/c1-4-11-10-18(8-7-17(11)3)14-6-5-12(9-13(14)15)21(19,20)16-2/h5-6,9,11,16H,4,7-8,10,15H2,1-3H3. The van der Waals surface area contributed by atoms with E-state index < -0.39 is 10.0 Å². The maximum Gasteiger partial charge on any atom is 0.240 e. The number of nitrogen functional groups attached to an aromatic ring is 1. The Kier molecular flexibility index (Phi) is 4.75. The molecule has 0 aromatic heterocycles. The van der Waals surface area contributed by atoms with Gasteiger partial charge in [0, 0.05) is 25.7 Å². The van der Waals surface area contributed by atoms with Crippen molar-refractivity contribution in [2.75, 3.05) is 44.4 Å². The van der Waals surface area contributed by atoms with Crippen LogP contribution in [-0.4, -0.2) is 53.1 Å². The molecule has 7 heteroatoms. The van der Waals surface area contributed by atoms with Gasteiger partial charge < -0.3 is 10.6 Å². The number of sulfonamides is 1. The third-order valence-electron chi connectivity index (χ3n) is 4.17. The Bertz CT molecular complexity index is 603. The van der Waals surface area contributed by atoms with E-state index in [0.29, 0.717) is 11.7 Å². The Hall–Kier alpha value is -1.31. The van der Waals surface area contributed by atoms with E-state index in [0.717, 1.165) is 31.7 Å². The van der Waals surface area contributed by atoms with Gasteiger partial charge in [-0.3, -0.25) is 4.90 Å². The van der Waals surface area contributed by atoms with E-state index in [9.17, 15) is 8.42 Å². The summed E-state index contributed by atoms with van der Waals surface area (Å²) in [5.41, 5.74) is 7.50. The topological polar surface area (TPSA) is 78.7 Å². The van der Waals surface area contributed by atoms with E-state index in [2.05, 4.69) is 28.5 Å². The summed E-state index contributed by atoms with van der Waals surface area (Å²) >= 11 is 0. The number of benzene rings is 1. The van der Waals surface area contributed by atoms with Crippen LogP contribution in [0.5, 0.6) is 0 Å². The second-order valence-electron chi connectivity index (χ2n) is 5.42. The number of rotatable bonds is 4. The molecule has 1 unspecified atom stereocenters. The molecule has 2 rings (SSSR count). The summed E-state index contributed by atoms with van der Waals surface area (Å²) in [5.74, 6) is 0. The first-order valence-corrected chi connectivity index (χ1v) is 8.65. The van der Waals surface area contributed by atoms with E-state index in [4.69, 9.17) is 5.73 Å². The maximum atomic E-state index is 11.8. The number of nitrogens with one attached hydrogen (secondary N) is 1. The second kappa shape index (κ2) is 6.21. The number of likely N-dealkylation sites (N-methyl/N-ethyl adjacent to an activating group) is 1. The molecular formula is C14H24N4O2S. The Morgan fingerprint density at radius 2 is 2.10 bits per heavy atom. The molecule has 3 N–H and O–H groups in total. The van der Waals surface area contributed by atoms with E-state index >= 15 is 0 Å². The van der Waals surface area contributed by atoms with E-state index in [1.807, 2.05) is 0 Å². The molecule has 0 amide bonds. The van der Waals surface area contributed by atoms with Crippen LogP contribution >= 0.6 is 0 Å². The Morgan fingerprint density at radius 1 is 1.38 bits per heavy atom. The summed E-state index contributed by atoms with van der Waals surface area (Å²) in [5, 5.41) is 0. The van der Waals surface area contributed by atoms with E-state index in [1.54, 1.807) is 12.1 Å². The second-order valence-corrected chi connectivity index (χ2v) is 7.30. The maximum absolute atomic E-state index is 11.8. The number of anilines is 2. The number of nitrogens with zero attached hydrogens (tertiary/aromatic N) is 2. The molecule has 1 saturated heterocycles. The molecule has 0 spiro atoms. The molecule has 1 aromatic rings. The van der Waals surface area contributed by atoms with Crippen molar-refractivity contribution in [1.82, 2.24) is 9.62 Å². The summed E-state index contributed by atoms with van der Waals surface area (Å²) in [6.45, 7) is 4.97. The Balaban J connectivity index is 2.26. The first-order chi connectivity index (χ1) is 9.89. The first-order valence-electron chi connectivity index (χ1n) is 7.17. The van der Waals surface area contributed by atoms with Crippen molar-refractivity contribution in [3.63, 3.8) is 0 Å². The van der Waals surface area contributed by atoms with Gasteiger partial charge in [0.25, 0.3) is 0 Å². The third kappa shape index (κ3) is 3.30. The van der Waals surface area contributed by atoms with Crippen molar-refractivity contribution in [2.24, 2.45) is 0 Å². The highest BCUT2D eigenvalue weighted by atomic mass is 32.2. The van der Waals surface area contributed by atoms with E-state index in [1.165, 1.54) is 13.1 Å². The predicted octanol–water partition coefficient (Wildman–Crippen LogP) is 0.707. The molecule has 21 heavy (non-hydrogen) atoms. The molecule has 1 fully saturated rings. The van der Waals surface area contributed by atoms with Crippen molar-refractivity contribution < 1.29 is 8.42 Å². The van der Waals surface area contributed by atoms with Gasteiger partial charge >= 0.3 is 0 Å². The molecule has 0 radical (unpaired) electrons. The molecule has 1 atom stereocenters. The SMILES string of the molecule is CCC1CN(c2ccc(S(=O)(=O)NC)cc2N)CCN1C. The van der Waals surface area contributed by atoms with Crippen LogP contribution in [-0.2, 0) is 10.0 Å². The summed E-state index contributed by atoms with van der Waals surface area (Å²) in [4.78, 5) is 4.79. The van der Waals surface area contributed by atoms with Gasteiger partial charge in [-0.05, 0) is 38.7 Å². The molecule has 1 aromatic carbocycles. The summed E-state index contributed by atoms with van der Waals surface area (Å²) in [6.07, 6.45) is 1.08. The fraction of sp³-hybridized carbons (Fsp3) is 0.571. The molecule has 1 aliphatic heterocycles. The molecule has 0 bridgehead atoms. The van der Waals surface area contributed by atoms with Gasteiger partial charge in [0.2, 0.25) is 10.0 Å². The quantitative estimate of drug-likeness (QED) is 0.801. The van der Waals surface area contributed by atoms with Crippen LogP contribution in [0.15, 0.2) is 23.1 Å². The van der Waals surface area contributed by atoms with Gasteiger partial charge in [0.15, 0.2) is 0 Å². The van der Waals surface area contributed by atoms with Crippen LogP contribution in [0.2, 0.25) is 0 Å². The summed E-state index contributed by atoms with van der Waals surface area (Å²) in [6, 6.07) is 5.44. The zero-order chi connectivity index (χ0) is 15.6. The lowest BCUT2D eigenvalue weighted by atomic mass is 10.1. The monoisotopic (exact) mass is 312 g/mol. The summed E-state index contributed by atoms with van der Waals surface area (Å²) < 4.78 is 25.9. The average molecular weight is 312 g/mol. The van der Waals surface area contributed by atoms with Gasteiger partial charge in [-0.1, -0.05) is 6.92 Å². The van der Waals surface area contributed by atoms with Crippen molar-refractivity contribution in [3.05, 3.63) is 18.2 Å². The molecule has 6 nitrogen and oxygen atoms in total. The zero-order valence-electron chi connectivity index (χ0n) is 12.8. The molecule has 0 aliphatic carbocycles.